The topological polar surface area (TPSA) is 55.1 Å². The van der Waals surface area contributed by atoms with Gasteiger partial charge in [0.25, 0.3) is 0 Å². The lowest BCUT2D eigenvalue weighted by Crippen LogP contribution is -2.22. The summed E-state index contributed by atoms with van der Waals surface area (Å²) >= 11 is 1.61. The van der Waals surface area contributed by atoms with Crippen molar-refractivity contribution in [2.75, 3.05) is 4.90 Å². The molecule has 6 heteroatoms. The van der Waals surface area contributed by atoms with Gasteiger partial charge in [0.05, 0.1) is 24.3 Å². The van der Waals surface area contributed by atoms with Gasteiger partial charge in [-0.25, -0.2) is 4.98 Å². The van der Waals surface area contributed by atoms with Crippen molar-refractivity contribution in [3.05, 3.63) is 58.7 Å². The van der Waals surface area contributed by atoms with Crippen molar-refractivity contribution in [3.63, 3.8) is 0 Å². The molecule has 0 radical (unpaired) electrons. The van der Waals surface area contributed by atoms with E-state index in [4.69, 9.17) is 4.42 Å². The number of aromatic nitrogens is 3. The van der Waals surface area contributed by atoms with Gasteiger partial charge in [0.2, 0.25) is 11.8 Å². The Hall–Kier alpha value is -2.21. The summed E-state index contributed by atoms with van der Waals surface area (Å²) in [6.45, 7) is 1.33. The van der Waals surface area contributed by atoms with E-state index < -0.39 is 0 Å². The molecule has 0 N–H and O–H groups in total. The highest BCUT2D eigenvalue weighted by molar-refractivity contribution is 7.07. The maximum Gasteiger partial charge on any atom is 0.235 e. The van der Waals surface area contributed by atoms with Crippen LogP contribution in [0.4, 0.5) is 5.69 Å². The number of nitrogens with zero attached hydrogens (tertiary/aromatic N) is 4. The summed E-state index contributed by atoms with van der Waals surface area (Å²) in [5, 5.41) is 10.5. The Labute approximate surface area is 139 Å². The predicted molar refractivity (Wildman–Crippen MR) is 89.3 cm³/mol. The summed E-state index contributed by atoms with van der Waals surface area (Å²) in [5.41, 5.74) is 4.04. The molecule has 2 heterocycles. The lowest BCUT2D eigenvalue weighted by Gasteiger charge is -2.23. The minimum absolute atomic E-state index is 0.472. The van der Waals surface area contributed by atoms with E-state index in [1.54, 1.807) is 11.3 Å². The standard InChI is InChI=1S/C17H18N4OS/c1-2-7-15(8-3-1)21(9-14-11-23-12-18-14)10-16-19-20-17(22-16)13-5-4-6-13/h1-3,7-8,11-13H,4-6,9-10H2. The van der Waals surface area contributed by atoms with Gasteiger partial charge in [-0.3, -0.25) is 0 Å². The fraction of sp³-hybridized carbons (Fsp3) is 0.353. The summed E-state index contributed by atoms with van der Waals surface area (Å²) in [6.07, 6.45) is 3.61. The van der Waals surface area contributed by atoms with Crippen molar-refractivity contribution in [1.29, 1.82) is 0 Å². The Bertz CT molecular complexity index is 737. The van der Waals surface area contributed by atoms with Crippen LogP contribution < -0.4 is 4.90 Å². The predicted octanol–water partition coefficient (Wildman–Crippen LogP) is 4.00. The van der Waals surface area contributed by atoms with E-state index in [1.165, 1.54) is 19.3 Å². The van der Waals surface area contributed by atoms with Crippen LogP contribution in [0.3, 0.4) is 0 Å². The molecule has 1 fully saturated rings. The Morgan fingerprint density at radius 1 is 1.13 bits per heavy atom. The van der Waals surface area contributed by atoms with Crippen LogP contribution in [0.15, 0.2) is 45.6 Å². The third-order valence-electron chi connectivity index (χ3n) is 4.22. The lowest BCUT2D eigenvalue weighted by atomic mass is 9.85. The fourth-order valence-corrected chi connectivity index (χ4v) is 3.25. The lowest BCUT2D eigenvalue weighted by molar-refractivity contribution is 0.324. The first-order valence-corrected chi connectivity index (χ1v) is 8.82. The minimum Gasteiger partial charge on any atom is -0.423 e. The second kappa shape index (κ2) is 6.50. The number of hydrogen-bond donors (Lipinski definition) is 0. The summed E-state index contributed by atoms with van der Waals surface area (Å²) < 4.78 is 5.88. The van der Waals surface area contributed by atoms with E-state index in [0.717, 1.165) is 23.8 Å². The molecule has 0 spiro atoms. The first-order chi connectivity index (χ1) is 11.4. The molecule has 1 saturated carbocycles. The zero-order valence-corrected chi connectivity index (χ0v) is 13.6. The van der Waals surface area contributed by atoms with Crippen LogP contribution in [0.25, 0.3) is 0 Å². The van der Waals surface area contributed by atoms with Gasteiger partial charge < -0.3 is 9.32 Å². The molecular formula is C17H18N4OS. The number of hydrogen-bond acceptors (Lipinski definition) is 6. The van der Waals surface area contributed by atoms with Crippen molar-refractivity contribution >= 4 is 17.0 Å². The van der Waals surface area contributed by atoms with Crippen LogP contribution >= 0.6 is 11.3 Å². The van der Waals surface area contributed by atoms with E-state index >= 15 is 0 Å². The molecule has 0 unspecified atom stereocenters. The molecule has 3 aromatic rings. The molecule has 0 atom stereocenters. The van der Waals surface area contributed by atoms with Crippen LogP contribution in [-0.4, -0.2) is 15.2 Å². The Morgan fingerprint density at radius 2 is 2.00 bits per heavy atom. The van der Waals surface area contributed by atoms with Crippen LogP contribution in [0.1, 0.15) is 42.7 Å². The number of benzene rings is 1. The molecule has 1 aliphatic carbocycles. The zero-order valence-electron chi connectivity index (χ0n) is 12.8. The van der Waals surface area contributed by atoms with Crippen molar-refractivity contribution in [2.24, 2.45) is 0 Å². The van der Waals surface area contributed by atoms with Gasteiger partial charge in [-0.15, -0.1) is 21.5 Å². The van der Waals surface area contributed by atoms with Gasteiger partial charge in [-0.05, 0) is 25.0 Å². The molecule has 0 aliphatic heterocycles. The van der Waals surface area contributed by atoms with Gasteiger partial charge in [0.15, 0.2) is 0 Å². The van der Waals surface area contributed by atoms with Crippen molar-refractivity contribution in [2.45, 2.75) is 38.3 Å². The van der Waals surface area contributed by atoms with E-state index in [9.17, 15) is 0 Å². The van der Waals surface area contributed by atoms with E-state index in [1.807, 2.05) is 23.7 Å². The Balaban J connectivity index is 1.53. The third-order valence-corrected chi connectivity index (χ3v) is 4.86. The summed E-state index contributed by atoms with van der Waals surface area (Å²) in [6, 6.07) is 10.3. The van der Waals surface area contributed by atoms with Gasteiger partial charge in [0.1, 0.15) is 0 Å². The van der Waals surface area contributed by atoms with Gasteiger partial charge in [-0.1, -0.05) is 24.6 Å². The van der Waals surface area contributed by atoms with Gasteiger partial charge >= 0.3 is 0 Å². The number of rotatable bonds is 6. The zero-order chi connectivity index (χ0) is 15.5. The molecular weight excluding hydrogens is 308 g/mol. The largest absolute Gasteiger partial charge is 0.423 e. The average Bonchev–Trinajstić information content (AvgIpc) is 3.18. The van der Waals surface area contributed by atoms with Crippen LogP contribution in [0.2, 0.25) is 0 Å². The number of anilines is 1. The molecule has 0 saturated heterocycles. The summed E-state index contributed by atoms with van der Waals surface area (Å²) in [4.78, 5) is 6.60. The fourth-order valence-electron chi connectivity index (χ4n) is 2.70. The highest BCUT2D eigenvalue weighted by atomic mass is 32.1. The second-order valence-electron chi connectivity index (χ2n) is 5.83. The third kappa shape index (κ3) is 3.27. The van der Waals surface area contributed by atoms with E-state index in [2.05, 4.69) is 37.6 Å². The summed E-state index contributed by atoms with van der Waals surface area (Å²) in [7, 11) is 0. The molecule has 118 valence electrons. The molecule has 1 aliphatic rings. The maximum atomic E-state index is 5.88. The summed E-state index contributed by atoms with van der Waals surface area (Å²) in [5.74, 6) is 1.94. The molecule has 2 aromatic heterocycles. The number of para-hydroxylation sites is 1. The highest BCUT2D eigenvalue weighted by Crippen LogP contribution is 2.35. The highest BCUT2D eigenvalue weighted by Gasteiger charge is 2.25. The SMILES string of the molecule is c1ccc(N(Cc2cscn2)Cc2nnc(C3CCC3)o2)cc1. The Kier molecular flexibility index (Phi) is 4.06. The van der Waals surface area contributed by atoms with Crippen molar-refractivity contribution < 1.29 is 4.42 Å². The molecule has 4 rings (SSSR count). The van der Waals surface area contributed by atoms with Crippen molar-refractivity contribution in [3.8, 4) is 0 Å². The van der Waals surface area contributed by atoms with E-state index in [-0.39, 0.29) is 0 Å². The van der Waals surface area contributed by atoms with Crippen LogP contribution in [0, 0.1) is 0 Å². The normalized spacial score (nSPS) is 14.6. The first kappa shape index (κ1) is 14.4. The molecule has 23 heavy (non-hydrogen) atoms. The minimum atomic E-state index is 0.472. The average molecular weight is 326 g/mol. The first-order valence-electron chi connectivity index (χ1n) is 7.88. The quantitative estimate of drug-likeness (QED) is 0.685. The smallest absolute Gasteiger partial charge is 0.235 e. The van der Waals surface area contributed by atoms with E-state index in [0.29, 0.717) is 18.4 Å². The van der Waals surface area contributed by atoms with Crippen molar-refractivity contribution in [1.82, 2.24) is 15.2 Å². The van der Waals surface area contributed by atoms with Crippen LogP contribution in [0.5, 0.6) is 0 Å². The molecule has 0 amide bonds. The van der Waals surface area contributed by atoms with Gasteiger partial charge in [0, 0.05) is 17.0 Å². The molecule has 5 nitrogen and oxygen atoms in total. The second-order valence-corrected chi connectivity index (χ2v) is 6.55. The molecule has 1 aromatic carbocycles. The number of thiazole rings is 1. The van der Waals surface area contributed by atoms with Crippen LogP contribution in [-0.2, 0) is 13.1 Å². The molecule has 0 bridgehead atoms. The Morgan fingerprint density at radius 3 is 2.70 bits per heavy atom. The van der Waals surface area contributed by atoms with Gasteiger partial charge in [-0.2, -0.15) is 0 Å². The monoisotopic (exact) mass is 326 g/mol. The maximum absolute atomic E-state index is 5.88.